The van der Waals surface area contributed by atoms with E-state index in [1.165, 1.54) is 12.8 Å². The van der Waals surface area contributed by atoms with Crippen molar-refractivity contribution in [3.05, 3.63) is 28.2 Å². The highest BCUT2D eigenvalue weighted by molar-refractivity contribution is 9.10. The van der Waals surface area contributed by atoms with Gasteiger partial charge >= 0.3 is 0 Å². The monoisotopic (exact) mass is 340 g/mol. The van der Waals surface area contributed by atoms with Crippen LogP contribution in [0.4, 0.5) is 0 Å². The van der Waals surface area contributed by atoms with Gasteiger partial charge in [0.05, 0.1) is 0 Å². The lowest BCUT2D eigenvalue weighted by molar-refractivity contribution is 0.118. The fourth-order valence-electron chi connectivity index (χ4n) is 3.30. The molecule has 0 amide bonds. The molecule has 1 aromatic carbocycles. The molecule has 0 radical (unpaired) electrons. The molecular weight excluding hydrogens is 316 g/mol. The number of likely N-dealkylation sites (tertiary alicyclic amines) is 1. The average molecular weight is 341 g/mol. The van der Waals surface area contributed by atoms with Gasteiger partial charge in [-0.3, -0.25) is 4.90 Å². The molecule has 112 valence electrons. The Morgan fingerprint density at radius 3 is 3.00 bits per heavy atom. The van der Waals surface area contributed by atoms with Crippen molar-refractivity contribution in [1.29, 1.82) is 0 Å². The van der Waals surface area contributed by atoms with Gasteiger partial charge in [-0.15, -0.1) is 0 Å². The number of aromatic hydroxyl groups is 1. The van der Waals surface area contributed by atoms with Crippen molar-refractivity contribution < 1.29 is 5.11 Å². The number of nitrogens with one attached hydrogen (secondary N) is 1. The largest absolute Gasteiger partial charge is 0.508 e. The van der Waals surface area contributed by atoms with Crippen molar-refractivity contribution >= 4 is 15.9 Å². The molecule has 1 aliphatic rings. The third kappa shape index (κ3) is 3.74. The van der Waals surface area contributed by atoms with E-state index >= 15 is 0 Å². The SMILES string of the molecule is CCC(c1cc(Br)ccc1O)N1CCCC(CNC)C1. The number of benzene rings is 1. The van der Waals surface area contributed by atoms with E-state index in [-0.39, 0.29) is 0 Å². The molecule has 2 rings (SSSR count). The Labute approximate surface area is 130 Å². The number of hydrogen-bond donors (Lipinski definition) is 2. The first-order valence-corrected chi connectivity index (χ1v) is 8.32. The van der Waals surface area contributed by atoms with Crippen LogP contribution in [0.15, 0.2) is 22.7 Å². The van der Waals surface area contributed by atoms with E-state index < -0.39 is 0 Å². The highest BCUT2D eigenvalue weighted by Gasteiger charge is 2.27. The summed E-state index contributed by atoms with van der Waals surface area (Å²) in [4.78, 5) is 2.53. The van der Waals surface area contributed by atoms with Gasteiger partial charge < -0.3 is 10.4 Å². The van der Waals surface area contributed by atoms with E-state index in [9.17, 15) is 5.11 Å². The van der Waals surface area contributed by atoms with E-state index in [1.807, 2.05) is 13.1 Å². The maximum Gasteiger partial charge on any atom is 0.120 e. The summed E-state index contributed by atoms with van der Waals surface area (Å²) < 4.78 is 1.03. The van der Waals surface area contributed by atoms with Gasteiger partial charge in [0.25, 0.3) is 0 Å². The van der Waals surface area contributed by atoms with Crippen LogP contribution in [0, 0.1) is 5.92 Å². The number of nitrogens with zero attached hydrogens (tertiary/aromatic N) is 1. The summed E-state index contributed by atoms with van der Waals surface area (Å²) in [5, 5.41) is 13.5. The van der Waals surface area contributed by atoms with Gasteiger partial charge in [0.15, 0.2) is 0 Å². The molecule has 0 bridgehead atoms. The minimum atomic E-state index is 0.312. The fraction of sp³-hybridized carbons (Fsp3) is 0.625. The molecule has 2 unspecified atom stereocenters. The van der Waals surface area contributed by atoms with Crippen LogP contribution in [0.25, 0.3) is 0 Å². The lowest BCUT2D eigenvalue weighted by Gasteiger charge is -2.38. The number of piperidine rings is 1. The lowest BCUT2D eigenvalue weighted by atomic mass is 9.93. The van der Waals surface area contributed by atoms with Crippen LogP contribution in [0.2, 0.25) is 0 Å². The first-order chi connectivity index (χ1) is 9.65. The zero-order valence-corrected chi connectivity index (χ0v) is 14.0. The maximum atomic E-state index is 10.2. The first-order valence-electron chi connectivity index (χ1n) is 7.52. The molecule has 1 heterocycles. The Bertz CT molecular complexity index is 436. The van der Waals surface area contributed by atoms with Crippen LogP contribution in [0.1, 0.15) is 37.8 Å². The Hall–Kier alpha value is -0.580. The standard InChI is InChI=1S/C16H25BrN2O/c1-3-15(14-9-13(17)6-7-16(14)20)19-8-4-5-12(11-19)10-18-2/h6-7,9,12,15,18,20H,3-5,8,10-11H2,1-2H3. The van der Waals surface area contributed by atoms with Crippen molar-refractivity contribution in [3.8, 4) is 5.75 Å². The maximum absolute atomic E-state index is 10.2. The molecular formula is C16H25BrN2O. The molecule has 0 aromatic heterocycles. The molecule has 20 heavy (non-hydrogen) atoms. The highest BCUT2D eigenvalue weighted by atomic mass is 79.9. The lowest BCUT2D eigenvalue weighted by Crippen LogP contribution is -2.41. The molecule has 0 saturated carbocycles. The Morgan fingerprint density at radius 1 is 1.50 bits per heavy atom. The second-order valence-electron chi connectivity index (χ2n) is 5.69. The molecule has 4 heteroatoms. The summed E-state index contributed by atoms with van der Waals surface area (Å²) in [6.45, 7) is 5.53. The zero-order valence-electron chi connectivity index (χ0n) is 12.4. The van der Waals surface area contributed by atoms with Gasteiger partial charge in [-0.25, -0.2) is 0 Å². The third-order valence-electron chi connectivity index (χ3n) is 4.22. The molecule has 2 N–H and O–H groups in total. The Balaban J connectivity index is 2.16. The van der Waals surface area contributed by atoms with E-state index in [0.717, 1.165) is 42.0 Å². The molecule has 2 atom stereocenters. The Kier molecular flexibility index (Phi) is 5.87. The zero-order chi connectivity index (χ0) is 14.5. The Morgan fingerprint density at radius 2 is 2.30 bits per heavy atom. The van der Waals surface area contributed by atoms with E-state index in [0.29, 0.717) is 11.8 Å². The van der Waals surface area contributed by atoms with Gasteiger partial charge in [0.1, 0.15) is 5.75 Å². The number of halogens is 1. The van der Waals surface area contributed by atoms with Crippen molar-refractivity contribution in [3.63, 3.8) is 0 Å². The molecule has 3 nitrogen and oxygen atoms in total. The van der Waals surface area contributed by atoms with Crippen LogP contribution >= 0.6 is 15.9 Å². The topological polar surface area (TPSA) is 35.5 Å². The van der Waals surface area contributed by atoms with Crippen LogP contribution in [0.5, 0.6) is 5.75 Å². The molecule has 1 aliphatic heterocycles. The molecule has 0 spiro atoms. The third-order valence-corrected chi connectivity index (χ3v) is 4.71. The minimum absolute atomic E-state index is 0.312. The predicted octanol–water partition coefficient (Wildman–Crippen LogP) is 3.54. The van der Waals surface area contributed by atoms with E-state index in [1.54, 1.807) is 6.07 Å². The summed E-state index contributed by atoms with van der Waals surface area (Å²) in [6, 6.07) is 6.06. The van der Waals surface area contributed by atoms with E-state index in [4.69, 9.17) is 0 Å². The molecule has 1 fully saturated rings. The van der Waals surface area contributed by atoms with Gasteiger partial charge in [-0.05, 0) is 63.5 Å². The minimum Gasteiger partial charge on any atom is -0.508 e. The van der Waals surface area contributed by atoms with Gasteiger partial charge in [-0.2, -0.15) is 0 Å². The summed E-state index contributed by atoms with van der Waals surface area (Å²) in [5.41, 5.74) is 1.05. The van der Waals surface area contributed by atoms with Gasteiger partial charge in [0.2, 0.25) is 0 Å². The fourth-order valence-corrected chi connectivity index (χ4v) is 3.68. The average Bonchev–Trinajstić information content (AvgIpc) is 2.44. The van der Waals surface area contributed by atoms with Crippen LogP contribution in [-0.4, -0.2) is 36.7 Å². The van der Waals surface area contributed by atoms with Crippen LogP contribution in [0.3, 0.4) is 0 Å². The molecule has 1 saturated heterocycles. The number of phenols is 1. The normalized spacial score (nSPS) is 21.9. The van der Waals surface area contributed by atoms with E-state index in [2.05, 4.69) is 39.1 Å². The molecule has 0 aliphatic carbocycles. The van der Waals surface area contributed by atoms with Crippen molar-refractivity contribution in [2.75, 3.05) is 26.7 Å². The van der Waals surface area contributed by atoms with Crippen molar-refractivity contribution in [2.45, 2.75) is 32.2 Å². The summed E-state index contributed by atoms with van der Waals surface area (Å²) >= 11 is 3.51. The number of hydrogen-bond acceptors (Lipinski definition) is 3. The number of phenolic OH excluding ortho intramolecular Hbond substituents is 1. The second kappa shape index (κ2) is 7.43. The summed E-state index contributed by atoms with van der Waals surface area (Å²) in [5.74, 6) is 1.13. The summed E-state index contributed by atoms with van der Waals surface area (Å²) in [7, 11) is 2.02. The number of rotatable bonds is 5. The van der Waals surface area contributed by atoms with Crippen LogP contribution < -0.4 is 5.32 Å². The second-order valence-corrected chi connectivity index (χ2v) is 6.60. The first kappa shape index (κ1) is 15.8. The van der Waals surface area contributed by atoms with Crippen molar-refractivity contribution in [2.24, 2.45) is 5.92 Å². The van der Waals surface area contributed by atoms with Gasteiger partial charge in [0, 0.05) is 22.6 Å². The quantitative estimate of drug-likeness (QED) is 0.860. The summed E-state index contributed by atoms with van der Waals surface area (Å²) in [6.07, 6.45) is 3.58. The highest BCUT2D eigenvalue weighted by Crippen LogP contribution is 2.35. The van der Waals surface area contributed by atoms with Crippen molar-refractivity contribution in [1.82, 2.24) is 10.2 Å². The van der Waals surface area contributed by atoms with Gasteiger partial charge in [-0.1, -0.05) is 22.9 Å². The predicted molar refractivity (Wildman–Crippen MR) is 87.1 cm³/mol. The van der Waals surface area contributed by atoms with Crippen LogP contribution in [-0.2, 0) is 0 Å². The molecule has 1 aromatic rings. The smallest absolute Gasteiger partial charge is 0.120 e.